The molecule has 0 saturated carbocycles. The second-order valence-electron chi connectivity index (χ2n) is 4.10. The van der Waals surface area contributed by atoms with E-state index in [1.165, 1.54) is 0 Å². The van der Waals surface area contributed by atoms with E-state index < -0.39 is 0 Å². The van der Waals surface area contributed by atoms with Crippen LogP contribution >= 0.6 is 12.4 Å². The molecule has 0 bridgehead atoms. The van der Waals surface area contributed by atoms with Crippen LogP contribution < -0.4 is 15.8 Å². The van der Waals surface area contributed by atoms with E-state index >= 15 is 0 Å². The molecule has 1 aromatic heterocycles. The van der Waals surface area contributed by atoms with Crippen LogP contribution in [0.5, 0.6) is 5.75 Å². The van der Waals surface area contributed by atoms with Crippen LogP contribution in [-0.4, -0.2) is 42.8 Å². The molecule has 0 aliphatic carbocycles. The smallest absolute Gasteiger partial charge is 0.158 e. The van der Waals surface area contributed by atoms with Crippen molar-refractivity contribution < 1.29 is 13.9 Å². The zero-order valence-corrected chi connectivity index (χ0v) is 11.7. The molecule has 6 nitrogen and oxygen atoms in total. The van der Waals surface area contributed by atoms with Crippen molar-refractivity contribution in [2.24, 2.45) is 5.73 Å². The molecule has 112 valence electrons. The molecule has 2 rings (SSSR count). The lowest BCUT2D eigenvalue weighted by molar-refractivity contribution is 0.0220. The molecule has 1 atom stereocenters. The van der Waals surface area contributed by atoms with Gasteiger partial charge in [0.25, 0.3) is 0 Å². The number of ether oxygens (including phenoxy) is 2. The molecule has 1 aliphatic rings. The van der Waals surface area contributed by atoms with Gasteiger partial charge < -0.3 is 20.5 Å². The SMILES string of the molecule is Cl.NCC(=CF)COc1cnc(C2CNCCO2)nc1. The summed E-state index contributed by atoms with van der Waals surface area (Å²) < 4.78 is 23.1. The normalized spacial score (nSPS) is 19.3. The Morgan fingerprint density at radius 3 is 2.85 bits per heavy atom. The van der Waals surface area contributed by atoms with Crippen LogP contribution in [0.4, 0.5) is 4.39 Å². The summed E-state index contributed by atoms with van der Waals surface area (Å²) >= 11 is 0. The Labute approximate surface area is 123 Å². The zero-order valence-electron chi connectivity index (χ0n) is 10.9. The summed E-state index contributed by atoms with van der Waals surface area (Å²) in [4.78, 5) is 8.37. The molecular formula is C12H18ClFN4O2. The first-order valence-corrected chi connectivity index (χ1v) is 6.08. The van der Waals surface area contributed by atoms with Crippen molar-refractivity contribution in [2.45, 2.75) is 6.10 Å². The van der Waals surface area contributed by atoms with E-state index in [1.54, 1.807) is 12.4 Å². The molecule has 20 heavy (non-hydrogen) atoms. The van der Waals surface area contributed by atoms with Crippen LogP contribution in [-0.2, 0) is 4.74 Å². The van der Waals surface area contributed by atoms with Crippen LogP contribution in [0, 0.1) is 0 Å². The van der Waals surface area contributed by atoms with E-state index in [9.17, 15) is 4.39 Å². The summed E-state index contributed by atoms with van der Waals surface area (Å²) in [6, 6.07) is 0. The lowest BCUT2D eigenvalue weighted by Crippen LogP contribution is -2.34. The minimum atomic E-state index is -0.131. The average Bonchev–Trinajstić information content (AvgIpc) is 2.50. The van der Waals surface area contributed by atoms with Crippen LogP contribution in [0.1, 0.15) is 11.9 Å². The Kier molecular flexibility index (Phi) is 7.38. The van der Waals surface area contributed by atoms with Gasteiger partial charge in [-0.15, -0.1) is 12.4 Å². The third-order valence-corrected chi connectivity index (χ3v) is 2.70. The molecule has 2 heterocycles. The van der Waals surface area contributed by atoms with Crippen LogP contribution in [0.15, 0.2) is 24.3 Å². The van der Waals surface area contributed by atoms with Crippen molar-refractivity contribution in [1.82, 2.24) is 15.3 Å². The van der Waals surface area contributed by atoms with Gasteiger partial charge in [-0.2, -0.15) is 0 Å². The lowest BCUT2D eigenvalue weighted by atomic mass is 10.3. The number of nitrogens with zero attached hydrogens (tertiary/aromatic N) is 2. The Bertz CT molecular complexity index is 424. The summed E-state index contributed by atoms with van der Waals surface area (Å²) in [6.07, 6.45) is 3.42. The van der Waals surface area contributed by atoms with E-state index in [-0.39, 0.29) is 31.7 Å². The highest BCUT2D eigenvalue weighted by molar-refractivity contribution is 5.85. The number of hydrogen-bond donors (Lipinski definition) is 2. The molecular weight excluding hydrogens is 287 g/mol. The fraction of sp³-hybridized carbons (Fsp3) is 0.500. The topological polar surface area (TPSA) is 82.3 Å². The van der Waals surface area contributed by atoms with E-state index in [4.69, 9.17) is 15.2 Å². The molecule has 1 saturated heterocycles. The summed E-state index contributed by atoms with van der Waals surface area (Å²) in [5.41, 5.74) is 5.70. The third-order valence-electron chi connectivity index (χ3n) is 2.70. The quantitative estimate of drug-likeness (QED) is 0.835. The van der Waals surface area contributed by atoms with Crippen molar-refractivity contribution in [3.05, 3.63) is 30.1 Å². The number of hydrogen-bond acceptors (Lipinski definition) is 6. The Balaban J connectivity index is 0.00000200. The Hall–Kier alpha value is -1.28. The molecule has 0 aromatic carbocycles. The predicted molar refractivity (Wildman–Crippen MR) is 74.6 cm³/mol. The van der Waals surface area contributed by atoms with Crippen LogP contribution in [0.3, 0.4) is 0 Å². The first kappa shape index (κ1) is 16.8. The standard InChI is InChI=1S/C12H17FN4O2.ClH/c13-3-9(4-14)8-19-10-5-16-12(17-6-10)11-7-15-1-2-18-11;/h3,5-6,11,15H,1-2,4,7-8,14H2;1H. The van der Waals surface area contributed by atoms with Gasteiger partial charge in [-0.05, 0) is 0 Å². The molecule has 1 aliphatic heterocycles. The van der Waals surface area contributed by atoms with Gasteiger partial charge in [0, 0.05) is 25.2 Å². The molecule has 3 N–H and O–H groups in total. The summed E-state index contributed by atoms with van der Waals surface area (Å²) in [7, 11) is 0. The first-order chi connectivity index (χ1) is 9.33. The van der Waals surface area contributed by atoms with Gasteiger partial charge in [0.2, 0.25) is 0 Å². The molecule has 1 fully saturated rings. The Morgan fingerprint density at radius 1 is 1.55 bits per heavy atom. The third kappa shape index (κ3) is 4.68. The van der Waals surface area contributed by atoms with E-state index in [0.29, 0.717) is 36.6 Å². The number of aromatic nitrogens is 2. The van der Waals surface area contributed by atoms with E-state index in [0.717, 1.165) is 6.54 Å². The summed E-state index contributed by atoms with van der Waals surface area (Å²) in [5.74, 6) is 1.08. The number of nitrogens with one attached hydrogen (secondary N) is 1. The van der Waals surface area contributed by atoms with Gasteiger partial charge in [0.15, 0.2) is 11.6 Å². The summed E-state index contributed by atoms with van der Waals surface area (Å²) in [6.45, 7) is 2.40. The van der Waals surface area contributed by atoms with E-state index in [2.05, 4.69) is 15.3 Å². The van der Waals surface area contributed by atoms with Gasteiger partial charge in [-0.1, -0.05) is 0 Å². The van der Waals surface area contributed by atoms with Crippen LogP contribution in [0.2, 0.25) is 0 Å². The fourth-order valence-corrected chi connectivity index (χ4v) is 1.61. The molecule has 1 unspecified atom stereocenters. The van der Waals surface area contributed by atoms with Crippen molar-refractivity contribution in [2.75, 3.05) is 32.8 Å². The van der Waals surface area contributed by atoms with Crippen molar-refractivity contribution >= 4 is 12.4 Å². The number of halogens is 2. The van der Waals surface area contributed by atoms with Gasteiger partial charge in [-0.25, -0.2) is 14.4 Å². The minimum absolute atomic E-state index is 0. The lowest BCUT2D eigenvalue weighted by Gasteiger charge is -2.22. The number of morpholine rings is 1. The Morgan fingerprint density at radius 2 is 2.30 bits per heavy atom. The highest BCUT2D eigenvalue weighted by Gasteiger charge is 2.18. The highest BCUT2D eigenvalue weighted by Crippen LogP contribution is 2.16. The van der Waals surface area contributed by atoms with Crippen LogP contribution in [0.25, 0.3) is 0 Å². The van der Waals surface area contributed by atoms with Gasteiger partial charge in [-0.3, -0.25) is 0 Å². The molecule has 8 heteroatoms. The second-order valence-corrected chi connectivity index (χ2v) is 4.10. The summed E-state index contributed by atoms with van der Waals surface area (Å²) in [5, 5.41) is 3.20. The number of nitrogens with two attached hydrogens (primary N) is 1. The predicted octanol–water partition coefficient (Wildman–Crippen LogP) is 0.750. The minimum Gasteiger partial charge on any atom is -0.486 e. The van der Waals surface area contributed by atoms with Crippen molar-refractivity contribution in [1.29, 1.82) is 0 Å². The second kappa shape index (κ2) is 8.80. The van der Waals surface area contributed by atoms with Gasteiger partial charge in [0.1, 0.15) is 12.7 Å². The molecule has 1 aromatic rings. The number of rotatable bonds is 5. The zero-order chi connectivity index (χ0) is 13.5. The first-order valence-electron chi connectivity index (χ1n) is 6.08. The van der Waals surface area contributed by atoms with Gasteiger partial charge in [0.05, 0.1) is 25.3 Å². The highest BCUT2D eigenvalue weighted by atomic mass is 35.5. The maximum absolute atomic E-state index is 12.3. The average molecular weight is 305 g/mol. The monoisotopic (exact) mass is 304 g/mol. The maximum atomic E-state index is 12.3. The largest absolute Gasteiger partial charge is 0.486 e. The van der Waals surface area contributed by atoms with Crippen molar-refractivity contribution in [3.63, 3.8) is 0 Å². The fourth-order valence-electron chi connectivity index (χ4n) is 1.61. The molecule has 0 amide bonds. The molecule has 0 spiro atoms. The van der Waals surface area contributed by atoms with Crippen molar-refractivity contribution in [3.8, 4) is 5.75 Å². The van der Waals surface area contributed by atoms with E-state index in [1.807, 2.05) is 0 Å². The molecule has 0 radical (unpaired) electrons. The maximum Gasteiger partial charge on any atom is 0.158 e. The van der Waals surface area contributed by atoms with Gasteiger partial charge >= 0.3 is 0 Å².